The Hall–Kier alpha value is -2.01. The summed E-state index contributed by atoms with van der Waals surface area (Å²) in [7, 11) is 0. The van der Waals surface area contributed by atoms with Gasteiger partial charge < -0.3 is 10.4 Å². The van der Waals surface area contributed by atoms with Crippen LogP contribution in [-0.2, 0) is 12.7 Å². The van der Waals surface area contributed by atoms with E-state index in [-0.39, 0.29) is 12.1 Å². The number of alkyl halides is 3. The van der Waals surface area contributed by atoms with E-state index in [1.165, 1.54) is 12.1 Å². The minimum Gasteiger partial charge on any atom is -0.389 e. The molecular weight excluding hydrogens is 279 g/mol. The maximum Gasteiger partial charge on any atom is 0.416 e. The molecule has 2 N–H and O–H groups in total. The lowest BCUT2D eigenvalue weighted by Gasteiger charge is -2.16. The molecule has 0 fully saturated rings. The third kappa shape index (κ3) is 3.76. The van der Waals surface area contributed by atoms with Gasteiger partial charge >= 0.3 is 6.18 Å². The summed E-state index contributed by atoms with van der Waals surface area (Å²) in [6.07, 6.45) is -5.06. The van der Waals surface area contributed by atoms with Crippen LogP contribution in [0.25, 0.3) is 0 Å². The van der Waals surface area contributed by atoms with Crippen molar-refractivity contribution >= 4 is 5.69 Å². The van der Waals surface area contributed by atoms with Gasteiger partial charge in [0, 0.05) is 17.8 Å². The van der Waals surface area contributed by atoms with Crippen molar-refractivity contribution in [2.24, 2.45) is 0 Å². The van der Waals surface area contributed by atoms with E-state index in [1.54, 1.807) is 37.3 Å². The van der Waals surface area contributed by atoms with Gasteiger partial charge in [0.1, 0.15) is 0 Å². The van der Waals surface area contributed by atoms with E-state index in [9.17, 15) is 18.3 Å². The fraction of sp³-hybridized carbons (Fsp3) is 0.250. The summed E-state index contributed by atoms with van der Waals surface area (Å²) in [6.45, 7) is 1.66. The molecule has 0 aliphatic heterocycles. The summed E-state index contributed by atoms with van der Waals surface area (Å²) < 4.78 is 38.7. The van der Waals surface area contributed by atoms with Gasteiger partial charge in [-0.05, 0) is 24.6 Å². The average Bonchev–Trinajstić information content (AvgIpc) is 2.44. The molecule has 2 rings (SSSR count). The smallest absolute Gasteiger partial charge is 0.389 e. The van der Waals surface area contributed by atoms with Crippen LogP contribution in [-0.4, -0.2) is 5.11 Å². The first-order valence-electron chi connectivity index (χ1n) is 6.55. The highest BCUT2D eigenvalue weighted by atomic mass is 19.4. The van der Waals surface area contributed by atoms with Gasteiger partial charge in [0.15, 0.2) is 0 Å². The normalized spacial score (nSPS) is 13.0. The fourth-order valence-corrected chi connectivity index (χ4v) is 2.16. The number of aliphatic hydroxyl groups is 1. The second-order valence-corrected chi connectivity index (χ2v) is 4.77. The Balaban J connectivity index is 2.22. The molecule has 0 saturated carbocycles. The van der Waals surface area contributed by atoms with Crippen LogP contribution in [0.5, 0.6) is 0 Å². The Morgan fingerprint density at radius 1 is 1.05 bits per heavy atom. The Morgan fingerprint density at radius 3 is 2.33 bits per heavy atom. The summed E-state index contributed by atoms with van der Waals surface area (Å²) in [4.78, 5) is 0. The van der Waals surface area contributed by atoms with E-state index in [4.69, 9.17) is 0 Å². The first-order chi connectivity index (χ1) is 9.89. The molecule has 2 aromatic carbocycles. The predicted octanol–water partition coefficient (Wildman–Crippen LogP) is 4.37. The summed E-state index contributed by atoms with van der Waals surface area (Å²) >= 11 is 0. The van der Waals surface area contributed by atoms with Crippen molar-refractivity contribution in [2.45, 2.75) is 25.7 Å². The number of para-hydroxylation sites is 1. The number of benzene rings is 2. The molecule has 21 heavy (non-hydrogen) atoms. The molecule has 0 heterocycles. The third-order valence-corrected chi connectivity index (χ3v) is 3.20. The number of anilines is 1. The molecule has 0 aliphatic carbocycles. The Labute approximate surface area is 121 Å². The minimum atomic E-state index is -4.37. The molecule has 0 bridgehead atoms. The number of hydrogen-bond donors (Lipinski definition) is 2. The van der Waals surface area contributed by atoms with E-state index in [0.717, 1.165) is 6.07 Å². The monoisotopic (exact) mass is 295 g/mol. The quantitative estimate of drug-likeness (QED) is 0.877. The second kappa shape index (κ2) is 6.18. The molecule has 2 aromatic rings. The summed E-state index contributed by atoms with van der Waals surface area (Å²) in [5, 5.41) is 12.6. The van der Waals surface area contributed by atoms with E-state index in [1.807, 2.05) is 0 Å². The van der Waals surface area contributed by atoms with Crippen LogP contribution in [0.3, 0.4) is 0 Å². The second-order valence-electron chi connectivity index (χ2n) is 4.77. The van der Waals surface area contributed by atoms with E-state index >= 15 is 0 Å². The first kappa shape index (κ1) is 15.4. The zero-order chi connectivity index (χ0) is 15.5. The van der Waals surface area contributed by atoms with Gasteiger partial charge in [-0.3, -0.25) is 0 Å². The van der Waals surface area contributed by atoms with E-state index in [0.29, 0.717) is 11.3 Å². The van der Waals surface area contributed by atoms with Crippen molar-refractivity contribution in [3.8, 4) is 0 Å². The third-order valence-electron chi connectivity index (χ3n) is 3.20. The van der Waals surface area contributed by atoms with Crippen LogP contribution >= 0.6 is 0 Å². The Kier molecular flexibility index (Phi) is 4.53. The van der Waals surface area contributed by atoms with Gasteiger partial charge in [0.05, 0.1) is 11.7 Å². The first-order valence-corrected chi connectivity index (χ1v) is 6.55. The van der Waals surface area contributed by atoms with Gasteiger partial charge in [-0.2, -0.15) is 13.2 Å². The van der Waals surface area contributed by atoms with Gasteiger partial charge in [-0.15, -0.1) is 0 Å². The lowest BCUT2D eigenvalue weighted by atomic mass is 10.1. The lowest BCUT2D eigenvalue weighted by molar-refractivity contribution is -0.138. The maximum atomic E-state index is 12.9. The molecule has 0 aromatic heterocycles. The molecular formula is C16H16F3NO. The van der Waals surface area contributed by atoms with Gasteiger partial charge in [0.25, 0.3) is 0 Å². The van der Waals surface area contributed by atoms with E-state index in [2.05, 4.69) is 5.32 Å². The molecule has 1 atom stereocenters. The Bertz CT molecular complexity index is 608. The molecule has 2 nitrogen and oxygen atoms in total. The summed E-state index contributed by atoms with van der Waals surface area (Å²) in [5.41, 5.74) is 0.809. The molecule has 1 unspecified atom stereocenters. The molecule has 0 amide bonds. The molecule has 0 radical (unpaired) electrons. The number of hydrogen-bond acceptors (Lipinski definition) is 2. The van der Waals surface area contributed by atoms with E-state index < -0.39 is 17.8 Å². The molecule has 112 valence electrons. The minimum absolute atomic E-state index is 0.0411. The maximum absolute atomic E-state index is 12.9. The molecule has 5 heteroatoms. The van der Waals surface area contributed by atoms with Crippen molar-refractivity contribution < 1.29 is 18.3 Å². The predicted molar refractivity (Wildman–Crippen MR) is 75.8 cm³/mol. The lowest BCUT2D eigenvalue weighted by Crippen LogP contribution is -2.12. The number of halogens is 3. The van der Waals surface area contributed by atoms with Crippen LogP contribution in [0.15, 0.2) is 48.5 Å². The van der Waals surface area contributed by atoms with Crippen molar-refractivity contribution in [1.29, 1.82) is 0 Å². The van der Waals surface area contributed by atoms with Crippen LogP contribution in [0.4, 0.5) is 18.9 Å². The molecule has 0 spiro atoms. The van der Waals surface area contributed by atoms with Crippen molar-refractivity contribution in [3.63, 3.8) is 0 Å². The molecule has 0 saturated heterocycles. The molecule has 0 aliphatic rings. The Morgan fingerprint density at radius 2 is 1.67 bits per heavy atom. The highest BCUT2D eigenvalue weighted by Crippen LogP contribution is 2.32. The fourth-order valence-electron chi connectivity index (χ4n) is 2.16. The van der Waals surface area contributed by atoms with Crippen LogP contribution in [0, 0.1) is 0 Å². The zero-order valence-electron chi connectivity index (χ0n) is 11.5. The zero-order valence-corrected chi connectivity index (χ0v) is 11.5. The van der Waals surface area contributed by atoms with Gasteiger partial charge in [-0.25, -0.2) is 0 Å². The number of rotatable bonds is 4. The SMILES string of the molecule is CC(O)c1ccccc1NCc1ccccc1C(F)(F)F. The van der Waals surface area contributed by atoms with Crippen LogP contribution in [0.1, 0.15) is 29.7 Å². The standard InChI is InChI=1S/C16H16F3NO/c1-11(21)13-7-3-5-9-15(13)20-10-12-6-2-4-8-14(12)16(17,18)19/h2-9,11,20-21H,10H2,1H3. The van der Waals surface area contributed by atoms with Crippen molar-refractivity contribution in [2.75, 3.05) is 5.32 Å². The number of nitrogens with one attached hydrogen (secondary N) is 1. The van der Waals surface area contributed by atoms with Gasteiger partial charge in [0.2, 0.25) is 0 Å². The summed E-state index contributed by atoms with van der Waals surface area (Å²) in [6, 6.07) is 12.5. The van der Waals surface area contributed by atoms with Gasteiger partial charge in [-0.1, -0.05) is 36.4 Å². The van der Waals surface area contributed by atoms with Crippen molar-refractivity contribution in [3.05, 3.63) is 65.2 Å². The largest absolute Gasteiger partial charge is 0.416 e. The highest BCUT2D eigenvalue weighted by Gasteiger charge is 2.32. The summed E-state index contributed by atoms with van der Waals surface area (Å²) in [5.74, 6) is 0. The average molecular weight is 295 g/mol. The highest BCUT2D eigenvalue weighted by molar-refractivity contribution is 5.52. The topological polar surface area (TPSA) is 32.3 Å². The van der Waals surface area contributed by atoms with Crippen molar-refractivity contribution in [1.82, 2.24) is 0 Å². The number of aliphatic hydroxyl groups excluding tert-OH is 1. The van der Waals surface area contributed by atoms with Crippen LogP contribution in [0.2, 0.25) is 0 Å². The van der Waals surface area contributed by atoms with Crippen LogP contribution < -0.4 is 5.32 Å².